The summed E-state index contributed by atoms with van der Waals surface area (Å²) in [4.78, 5) is 130. The third-order valence-electron chi connectivity index (χ3n) is 14.8. The van der Waals surface area contributed by atoms with Crippen molar-refractivity contribution in [3.63, 3.8) is 0 Å². The number of rotatable bonds is 17. The summed E-state index contributed by atoms with van der Waals surface area (Å²) in [7, 11) is 1.34. The number of nitrogens with zero attached hydrogens (tertiary/aromatic N) is 1. The number of cyclic esters (lactones) is 1. The molecule has 1 aromatic rings. The summed E-state index contributed by atoms with van der Waals surface area (Å²) in [5.74, 6) is -9.97. The summed E-state index contributed by atoms with van der Waals surface area (Å²) < 4.78 is 17.6. The second-order valence-corrected chi connectivity index (χ2v) is 22.6. The fraction of sp³-hybridized carbons (Fsp3) is 0.632. The van der Waals surface area contributed by atoms with Gasteiger partial charge in [-0.25, -0.2) is 4.79 Å². The number of benzene rings is 1. The topological polar surface area (TPSA) is 343 Å². The fourth-order valence-corrected chi connectivity index (χ4v) is 10.3. The highest BCUT2D eigenvalue weighted by atomic mass is 32.2. The average Bonchev–Trinajstić information content (AvgIpc) is 3.44. The van der Waals surface area contributed by atoms with E-state index in [2.05, 4.69) is 31.9 Å². The van der Waals surface area contributed by atoms with Crippen molar-refractivity contribution in [2.75, 3.05) is 38.2 Å². The van der Waals surface area contributed by atoms with E-state index in [9.17, 15) is 53.7 Å². The Hall–Kier alpha value is -6.34. The van der Waals surface area contributed by atoms with E-state index in [-0.39, 0.29) is 25.0 Å². The lowest BCUT2D eigenvalue weighted by atomic mass is 9.92. The van der Waals surface area contributed by atoms with Crippen molar-refractivity contribution in [2.45, 2.75) is 173 Å². The summed E-state index contributed by atoms with van der Waals surface area (Å²) in [6, 6.07) is -1.41. The van der Waals surface area contributed by atoms with E-state index >= 15 is 4.79 Å². The molecule has 1 saturated heterocycles. The Morgan fingerprint density at radius 3 is 2.15 bits per heavy atom. The molecule has 4 aliphatic rings. The van der Waals surface area contributed by atoms with Crippen LogP contribution in [-0.2, 0) is 63.8 Å². The molecule has 4 bridgehead atoms. The zero-order valence-corrected chi connectivity index (χ0v) is 48.9. The van der Waals surface area contributed by atoms with Gasteiger partial charge in [0.25, 0.3) is 0 Å². The Balaban J connectivity index is 1.99. The van der Waals surface area contributed by atoms with Crippen molar-refractivity contribution in [3.05, 3.63) is 71.5 Å². The van der Waals surface area contributed by atoms with Gasteiger partial charge in [0, 0.05) is 31.7 Å². The molecule has 0 spiro atoms. The SMILES string of the molecule is CC[C@H](C)[C@H]1NC(=O)[C@@H](NC(=O)[C@H](C)[C@H](O)C(C)C)[C@@H](C)OC(=O)[C@@H]2COC(=O)CNC(=O)/C=C/[C@](O)(CSCCCCCCN)[C@@H](C)OC3=CC=C(CC3)[C@H](NC1=O)C(=O)N(C)C(Cc1ccccc1)C(=O)N[C@H]([C@@H](C)O)C(=O)N2. The van der Waals surface area contributed by atoms with Crippen molar-refractivity contribution >= 4 is 65.1 Å². The van der Waals surface area contributed by atoms with Crippen molar-refractivity contribution in [1.82, 2.24) is 36.8 Å². The van der Waals surface area contributed by atoms with Crippen LogP contribution in [0.4, 0.5) is 0 Å². The maximum Gasteiger partial charge on any atom is 0.332 e. The Bertz CT molecular complexity index is 2440. The highest BCUT2D eigenvalue weighted by Gasteiger charge is 2.43. The molecule has 24 heteroatoms. The summed E-state index contributed by atoms with van der Waals surface area (Å²) in [5.41, 5.74) is 4.82. The van der Waals surface area contributed by atoms with Gasteiger partial charge >= 0.3 is 11.9 Å². The Labute approximate surface area is 479 Å². The second-order valence-electron chi connectivity index (χ2n) is 21.5. The van der Waals surface area contributed by atoms with Crippen LogP contribution in [0.2, 0.25) is 0 Å². The van der Waals surface area contributed by atoms with Crippen LogP contribution >= 0.6 is 11.8 Å². The maximum absolute atomic E-state index is 15.4. The summed E-state index contributed by atoms with van der Waals surface area (Å²) in [5, 5.41) is 49.5. The number of ether oxygens (including phenoxy) is 3. The summed E-state index contributed by atoms with van der Waals surface area (Å²) >= 11 is 1.45. The number of aliphatic hydroxyl groups excluding tert-OH is 2. The number of nitrogens with two attached hydrogens (primary N) is 1. The molecule has 0 aromatic heterocycles. The van der Waals surface area contributed by atoms with Gasteiger partial charge in [-0.1, -0.05) is 90.3 Å². The molecule has 1 aliphatic carbocycles. The first-order valence-corrected chi connectivity index (χ1v) is 29.1. The number of aliphatic hydroxyl groups is 3. The first kappa shape index (κ1) is 67.2. The molecule has 1 unspecified atom stereocenters. The number of likely N-dealkylation sites (N-methyl/N-ethyl adjacent to an activating group) is 1. The average molecular weight is 1160 g/mol. The quantitative estimate of drug-likeness (QED) is 0.0759. The fourth-order valence-electron chi connectivity index (χ4n) is 9.13. The number of hydrogen-bond acceptors (Lipinski definition) is 17. The standard InChI is InChI=1S/C57H86N8O15S/c1-10-33(4)45-52(72)64-48-39-20-22-40(23-21-39)80-37(8)57(77,31-81-27-17-12-11-16-26-58)25-24-43(67)59-29-44(68)78-30-41(56(76)79-36(7)47(54(74)61-45)63-50(70)34(5)49(69)32(2)3)60-53(73)46(35(6)66)62-51(71)42(65(9)55(48)75)28-38-18-14-13-15-19-38/h13-15,18-20,22,24-25,32-37,41-42,45-49,66,69,77H,10-12,16-17,21,23,26-31,58H2,1-9H3,(H,59,67)(H,60,73)(H,61,74)(H,62,71)(H,63,70)(H,64,72)/b25-24+/t33-,34+,35+,36+,37+,41-,42?,45+,46+,47-,48-,49+,57-/m0/s1. The van der Waals surface area contributed by atoms with E-state index in [1.807, 2.05) is 0 Å². The lowest BCUT2D eigenvalue weighted by Gasteiger charge is -2.35. The summed E-state index contributed by atoms with van der Waals surface area (Å²) in [6.07, 6.45) is 3.93. The molecule has 7 amide bonds. The van der Waals surface area contributed by atoms with Gasteiger partial charge in [-0.05, 0) is 87.5 Å². The largest absolute Gasteiger partial charge is 0.492 e. The van der Waals surface area contributed by atoms with E-state index in [1.165, 1.54) is 45.7 Å². The number of nitrogens with one attached hydrogen (secondary N) is 6. The minimum atomic E-state index is -1.97. The lowest BCUT2D eigenvalue weighted by molar-refractivity contribution is -0.160. The predicted molar refractivity (Wildman–Crippen MR) is 302 cm³/mol. The number of allylic oxidation sites excluding steroid dienone is 3. The maximum atomic E-state index is 15.4. The van der Waals surface area contributed by atoms with Crippen LogP contribution in [0.3, 0.4) is 0 Å². The minimum Gasteiger partial charge on any atom is -0.492 e. The molecule has 23 nitrogen and oxygen atoms in total. The van der Waals surface area contributed by atoms with Gasteiger partial charge in [-0.3, -0.25) is 38.4 Å². The molecule has 450 valence electrons. The van der Waals surface area contributed by atoms with Crippen LogP contribution < -0.4 is 37.6 Å². The molecule has 5 rings (SSSR count). The molecular weight excluding hydrogens is 1070 g/mol. The first-order chi connectivity index (χ1) is 38.3. The van der Waals surface area contributed by atoms with Gasteiger partial charge in [-0.2, -0.15) is 11.8 Å². The van der Waals surface area contributed by atoms with Gasteiger partial charge in [0.05, 0.1) is 23.9 Å². The highest BCUT2D eigenvalue weighted by molar-refractivity contribution is 7.99. The normalized spacial score (nSPS) is 28.1. The van der Waals surface area contributed by atoms with E-state index in [0.717, 1.165) is 36.7 Å². The van der Waals surface area contributed by atoms with Gasteiger partial charge in [0.15, 0.2) is 6.04 Å². The number of carbonyl (C=O) groups excluding carboxylic acids is 9. The molecule has 3 aliphatic heterocycles. The van der Waals surface area contributed by atoms with E-state index in [1.54, 1.807) is 77.1 Å². The number of hydrogen-bond donors (Lipinski definition) is 10. The monoisotopic (exact) mass is 1150 g/mol. The molecule has 11 N–H and O–H groups in total. The van der Waals surface area contributed by atoms with Crippen LogP contribution in [0.1, 0.15) is 106 Å². The third kappa shape index (κ3) is 20.0. The number of fused-ring (bicyclic) bond motifs is 11. The van der Waals surface area contributed by atoms with Crippen LogP contribution in [0.25, 0.3) is 0 Å². The first-order valence-electron chi connectivity index (χ1n) is 27.9. The third-order valence-corrected chi connectivity index (χ3v) is 16.0. The molecular formula is C57H86N8O15S. The Morgan fingerprint density at radius 1 is 0.852 bits per heavy atom. The molecule has 3 heterocycles. The molecule has 13 atom stereocenters. The minimum absolute atomic E-state index is 0.0755. The van der Waals surface area contributed by atoms with Gasteiger partial charge in [0.1, 0.15) is 61.2 Å². The molecule has 0 saturated carbocycles. The van der Waals surface area contributed by atoms with Gasteiger partial charge < -0.3 is 72.1 Å². The van der Waals surface area contributed by atoms with Crippen molar-refractivity contribution in [2.24, 2.45) is 23.5 Å². The molecule has 1 aromatic carbocycles. The van der Waals surface area contributed by atoms with E-state index < -0.39 is 150 Å². The lowest BCUT2D eigenvalue weighted by Crippen LogP contribution is -2.62. The van der Waals surface area contributed by atoms with Gasteiger partial charge in [-0.15, -0.1) is 0 Å². The van der Waals surface area contributed by atoms with Gasteiger partial charge in [0.2, 0.25) is 41.4 Å². The van der Waals surface area contributed by atoms with Crippen LogP contribution in [0.5, 0.6) is 0 Å². The number of carbonyl (C=O) groups is 9. The highest BCUT2D eigenvalue weighted by Crippen LogP contribution is 2.30. The molecule has 0 radical (unpaired) electrons. The Morgan fingerprint density at radius 2 is 1.52 bits per heavy atom. The zero-order valence-electron chi connectivity index (χ0n) is 48.1. The van der Waals surface area contributed by atoms with E-state index in [4.69, 9.17) is 19.9 Å². The zero-order chi connectivity index (χ0) is 60.1. The molecule has 1 fully saturated rings. The van der Waals surface area contributed by atoms with Crippen molar-refractivity contribution < 1.29 is 72.7 Å². The van der Waals surface area contributed by atoms with Crippen LogP contribution in [-0.4, -0.2) is 178 Å². The molecule has 81 heavy (non-hydrogen) atoms. The predicted octanol–water partition coefficient (Wildman–Crippen LogP) is 0.727. The van der Waals surface area contributed by atoms with Crippen LogP contribution in [0.15, 0.2) is 66.0 Å². The second kappa shape index (κ2) is 32.3. The van der Waals surface area contributed by atoms with Crippen LogP contribution in [0, 0.1) is 17.8 Å². The van der Waals surface area contributed by atoms with Crippen molar-refractivity contribution in [3.8, 4) is 0 Å². The number of unbranched alkanes of at least 4 members (excludes halogenated alkanes) is 3. The Kier molecular flexibility index (Phi) is 26.8. The van der Waals surface area contributed by atoms with Crippen molar-refractivity contribution in [1.29, 1.82) is 0 Å². The van der Waals surface area contributed by atoms with E-state index in [0.29, 0.717) is 35.6 Å². The number of thioether (sulfide) groups is 1. The number of amides is 7. The smallest absolute Gasteiger partial charge is 0.332 e. The summed E-state index contributed by atoms with van der Waals surface area (Å²) in [6.45, 7) is 11.1. The number of esters is 2.